The average Bonchev–Trinajstić information content (AvgIpc) is 3.07. The smallest absolute Gasteiger partial charge is 0.176 e. The highest BCUT2D eigenvalue weighted by Crippen LogP contribution is 2.20. The topological polar surface area (TPSA) is 49.7 Å². The van der Waals surface area contributed by atoms with Gasteiger partial charge in [0.05, 0.1) is 0 Å². The predicted molar refractivity (Wildman–Crippen MR) is 70.1 cm³/mol. The van der Waals surface area contributed by atoms with Gasteiger partial charge in [-0.1, -0.05) is 0 Å². The number of hydrogen-bond donors (Lipinski definition) is 1. The first kappa shape index (κ1) is 11.5. The molecule has 0 aliphatic carbocycles. The lowest BCUT2D eigenvalue weighted by Gasteiger charge is -2.19. The molecule has 1 aliphatic rings. The van der Waals surface area contributed by atoms with E-state index in [1.165, 1.54) is 25.8 Å². The zero-order valence-corrected chi connectivity index (χ0v) is 10.7. The zero-order valence-electron chi connectivity index (χ0n) is 10.7. The molecule has 1 N–H and O–H groups in total. The molecule has 96 valence electrons. The molecule has 1 fully saturated rings. The van der Waals surface area contributed by atoms with Gasteiger partial charge < -0.3 is 14.5 Å². The van der Waals surface area contributed by atoms with E-state index in [0.29, 0.717) is 0 Å². The molecule has 3 rings (SSSR count). The lowest BCUT2D eigenvalue weighted by molar-refractivity contribution is 0.286. The van der Waals surface area contributed by atoms with Crippen molar-refractivity contribution in [3.63, 3.8) is 0 Å². The van der Waals surface area contributed by atoms with Crippen molar-refractivity contribution in [1.29, 1.82) is 0 Å². The number of aromatic nitrogens is 4. The van der Waals surface area contributed by atoms with Crippen molar-refractivity contribution in [2.75, 3.05) is 13.6 Å². The van der Waals surface area contributed by atoms with Gasteiger partial charge in [-0.3, -0.25) is 0 Å². The average molecular weight is 245 g/mol. The van der Waals surface area contributed by atoms with Crippen LogP contribution in [0.5, 0.6) is 0 Å². The lowest BCUT2D eigenvalue weighted by atomic mass is 10.1. The summed E-state index contributed by atoms with van der Waals surface area (Å²) in [5, 5.41) is 0. The summed E-state index contributed by atoms with van der Waals surface area (Å²) in [6, 6.07) is 0.719. The van der Waals surface area contributed by atoms with Gasteiger partial charge in [0.15, 0.2) is 11.6 Å². The molecule has 3 heterocycles. The van der Waals surface area contributed by atoms with Gasteiger partial charge in [-0.25, -0.2) is 9.97 Å². The highest BCUT2D eigenvalue weighted by molar-refractivity contribution is 5.43. The first-order valence-electron chi connectivity index (χ1n) is 6.56. The van der Waals surface area contributed by atoms with E-state index >= 15 is 0 Å². The summed E-state index contributed by atoms with van der Waals surface area (Å²) in [4.78, 5) is 14.2. The van der Waals surface area contributed by atoms with E-state index in [2.05, 4.69) is 31.5 Å². The predicted octanol–water partition coefficient (Wildman–Crippen LogP) is 1.76. The third-order valence-corrected chi connectivity index (χ3v) is 3.80. The fourth-order valence-corrected chi connectivity index (χ4v) is 2.73. The standard InChI is InChI=1S/C13H19N5/c1-17-8-2-3-11(17)4-9-18-10-7-16-13(18)12-14-5-6-15-12/h5-7,10-11H,2-4,8-9H2,1H3,(H,14,15). The van der Waals surface area contributed by atoms with Gasteiger partial charge in [-0.15, -0.1) is 0 Å². The Kier molecular flexibility index (Phi) is 3.15. The Morgan fingerprint density at radius 3 is 3.06 bits per heavy atom. The number of nitrogens with one attached hydrogen (secondary N) is 1. The second-order valence-corrected chi connectivity index (χ2v) is 4.95. The maximum Gasteiger partial charge on any atom is 0.176 e. The molecule has 5 heteroatoms. The van der Waals surface area contributed by atoms with Gasteiger partial charge in [0.1, 0.15) is 0 Å². The number of hydrogen-bond acceptors (Lipinski definition) is 3. The molecule has 2 aromatic heterocycles. The molecule has 1 atom stereocenters. The van der Waals surface area contributed by atoms with E-state index in [-0.39, 0.29) is 0 Å². The van der Waals surface area contributed by atoms with Gasteiger partial charge in [0.25, 0.3) is 0 Å². The normalized spacial score (nSPS) is 20.6. The number of rotatable bonds is 4. The fourth-order valence-electron chi connectivity index (χ4n) is 2.73. The Morgan fingerprint density at radius 1 is 1.39 bits per heavy atom. The Hall–Kier alpha value is -1.62. The van der Waals surface area contributed by atoms with Crippen molar-refractivity contribution in [3.05, 3.63) is 24.8 Å². The quantitative estimate of drug-likeness (QED) is 0.893. The lowest BCUT2D eigenvalue weighted by Crippen LogP contribution is -2.26. The molecular weight excluding hydrogens is 226 g/mol. The minimum Gasteiger partial charge on any atom is -0.342 e. The van der Waals surface area contributed by atoms with Gasteiger partial charge in [-0.05, 0) is 32.9 Å². The van der Waals surface area contributed by atoms with E-state index < -0.39 is 0 Å². The first-order chi connectivity index (χ1) is 8.84. The highest BCUT2D eigenvalue weighted by atomic mass is 15.2. The molecular formula is C13H19N5. The van der Waals surface area contributed by atoms with Crippen LogP contribution >= 0.6 is 0 Å². The molecule has 0 saturated carbocycles. The van der Waals surface area contributed by atoms with Crippen LogP contribution in [0.2, 0.25) is 0 Å². The van der Waals surface area contributed by atoms with E-state index in [1.54, 1.807) is 6.20 Å². The fraction of sp³-hybridized carbons (Fsp3) is 0.538. The van der Waals surface area contributed by atoms with Gasteiger partial charge in [-0.2, -0.15) is 0 Å². The number of nitrogens with zero attached hydrogens (tertiary/aromatic N) is 4. The summed E-state index contributed by atoms with van der Waals surface area (Å²) in [5.74, 6) is 1.78. The maximum atomic E-state index is 4.38. The van der Waals surface area contributed by atoms with Crippen molar-refractivity contribution < 1.29 is 0 Å². The number of likely N-dealkylation sites (tertiary alicyclic amines) is 1. The summed E-state index contributed by atoms with van der Waals surface area (Å²) in [6.07, 6.45) is 11.3. The van der Waals surface area contributed by atoms with Crippen LogP contribution in [0.15, 0.2) is 24.8 Å². The zero-order chi connectivity index (χ0) is 12.4. The van der Waals surface area contributed by atoms with Crippen LogP contribution < -0.4 is 0 Å². The molecule has 18 heavy (non-hydrogen) atoms. The third kappa shape index (κ3) is 2.18. The van der Waals surface area contributed by atoms with Crippen molar-refractivity contribution >= 4 is 0 Å². The van der Waals surface area contributed by atoms with E-state index in [4.69, 9.17) is 0 Å². The van der Waals surface area contributed by atoms with Gasteiger partial charge in [0.2, 0.25) is 0 Å². The Morgan fingerprint density at radius 2 is 2.33 bits per heavy atom. The molecule has 5 nitrogen and oxygen atoms in total. The van der Waals surface area contributed by atoms with Crippen molar-refractivity contribution in [2.45, 2.75) is 31.8 Å². The Balaban J connectivity index is 1.68. The van der Waals surface area contributed by atoms with Crippen molar-refractivity contribution in [1.82, 2.24) is 24.4 Å². The second kappa shape index (κ2) is 4.94. The minimum atomic E-state index is 0.719. The van der Waals surface area contributed by atoms with E-state index in [1.807, 2.05) is 18.6 Å². The molecule has 0 radical (unpaired) electrons. The summed E-state index contributed by atoms with van der Waals surface area (Å²) in [7, 11) is 2.22. The maximum absolute atomic E-state index is 4.38. The molecule has 0 bridgehead atoms. The number of imidazole rings is 2. The number of aromatic amines is 1. The van der Waals surface area contributed by atoms with Gasteiger partial charge in [0, 0.05) is 37.4 Å². The second-order valence-electron chi connectivity index (χ2n) is 4.95. The van der Waals surface area contributed by atoms with Crippen molar-refractivity contribution in [3.8, 4) is 11.6 Å². The molecule has 1 saturated heterocycles. The molecule has 0 amide bonds. The number of H-pyrrole nitrogens is 1. The molecule has 0 spiro atoms. The van der Waals surface area contributed by atoms with Crippen LogP contribution in [0.3, 0.4) is 0 Å². The van der Waals surface area contributed by atoms with Crippen LogP contribution in [-0.4, -0.2) is 44.1 Å². The minimum absolute atomic E-state index is 0.719. The van der Waals surface area contributed by atoms with Crippen LogP contribution in [0.4, 0.5) is 0 Å². The van der Waals surface area contributed by atoms with E-state index in [0.717, 1.165) is 24.2 Å². The first-order valence-corrected chi connectivity index (χ1v) is 6.56. The monoisotopic (exact) mass is 245 g/mol. The highest BCUT2D eigenvalue weighted by Gasteiger charge is 2.20. The Labute approximate surface area is 107 Å². The van der Waals surface area contributed by atoms with E-state index in [9.17, 15) is 0 Å². The van der Waals surface area contributed by atoms with Crippen molar-refractivity contribution in [2.24, 2.45) is 0 Å². The van der Waals surface area contributed by atoms with Crippen LogP contribution in [0.25, 0.3) is 11.6 Å². The summed E-state index contributed by atoms with van der Waals surface area (Å²) in [5.41, 5.74) is 0. The Bertz CT molecular complexity index is 487. The largest absolute Gasteiger partial charge is 0.342 e. The van der Waals surface area contributed by atoms with Gasteiger partial charge >= 0.3 is 0 Å². The SMILES string of the molecule is CN1CCCC1CCn1ccnc1-c1ncc[nH]1. The molecule has 2 aromatic rings. The number of aryl methyl sites for hydroxylation is 1. The van der Waals surface area contributed by atoms with Crippen LogP contribution in [0, 0.1) is 0 Å². The molecule has 0 aromatic carbocycles. The van der Waals surface area contributed by atoms with Crippen LogP contribution in [-0.2, 0) is 6.54 Å². The van der Waals surface area contributed by atoms with Crippen LogP contribution in [0.1, 0.15) is 19.3 Å². The summed E-state index contributed by atoms with van der Waals surface area (Å²) >= 11 is 0. The molecule has 1 aliphatic heterocycles. The third-order valence-electron chi connectivity index (χ3n) is 3.80. The molecule has 1 unspecified atom stereocenters. The summed E-state index contributed by atoms with van der Waals surface area (Å²) < 4.78 is 2.19. The summed E-state index contributed by atoms with van der Waals surface area (Å²) in [6.45, 7) is 2.24.